The van der Waals surface area contributed by atoms with Crippen molar-refractivity contribution < 1.29 is 4.79 Å². The second kappa shape index (κ2) is 10.6. The van der Waals surface area contributed by atoms with Crippen molar-refractivity contribution in [3.8, 4) is 0 Å². The average Bonchev–Trinajstić information content (AvgIpc) is 2.77. The van der Waals surface area contributed by atoms with Gasteiger partial charge in [-0.25, -0.2) is 0 Å². The zero-order valence-corrected chi connectivity index (χ0v) is 19.5. The van der Waals surface area contributed by atoms with Crippen LogP contribution < -0.4 is 27.0 Å². The van der Waals surface area contributed by atoms with Gasteiger partial charge in [-0.2, -0.15) is 0 Å². The van der Waals surface area contributed by atoms with Crippen LogP contribution in [0, 0.1) is 6.92 Å². The van der Waals surface area contributed by atoms with E-state index < -0.39 is 0 Å². The van der Waals surface area contributed by atoms with Crippen LogP contribution in [0.1, 0.15) is 28.4 Å². The van der Waals surface area contributed by atoms with Gasteiger partial charge < -0.3 is 27.0 Å². The van der Waals surface area contributed by atoms with Crippen LogP contribution in [0.25, 0.3) is 0 Å². The zero-order valence-electron chi connectivity index (χ0n) is 18.8. The molecule has 0 aromatic heterocycles. The lowest BCUT2D eigenvalue weighted by atomic mass is 10.1. The lowest BCUT2D eigenvalue weighted by Gasteiger charge is -2.16. The predicted octanol–water partition coefficient (Wildman–Crippen LogP) is 6.10. The third-order valence-corrected chi connectivity index (χ3v) is 5.15. The predicted molar refractivity (Wildman–Crippen MR) is 139 cm³/mol. The minimum absolute atomic E-state index is 0.235. The number of nitrogen functional groups attached to an aromatic ring is 1. The number of aryl methyl sites for hydroxylation is 1. The fourth-order valence-electron chi connectivity index (χ4n) is 3.05. The number of allylic oxidation sites excluding steroid dienone is 1. The Morgan fingerprint density at radius 1 is 0.939 bits per heavy atom. The molecule has 0 bridgehead atoms. The van der Waals surface area contributed by atoms with Crippen molar-refractivity contribution >= 4 is 40.3 Å². The second-order valence-corrected chi connectivity index (χ2v) is 8.21. The summed E-state index contributed by atoms with van der Waals surface area (Å²) in [6, 6.07) is 18.4. The Kier molecular flexibility index (Phi) is 7.64. The van der Waals surface area contributed by atoms with Gasteiger partial charge in [0.15, 0.2) is 0 Å². The summed E-state index contributed by atoms with van der Waals surface area (Å²) >= 11 is 6.33. The van der Waals surface area contributed by atoms with Gasteiger partial charge in [-0.1, -0.05) is 48.5 Å². The van der Waals surface area contributed by atoms with E-state index in [-0.39, 0.29) is 5.91 Å². The summed E-state index contributed by atoms with van der Waals surface area (Å²) in [5.41, 5.74) is 12.2. The van der Waals surface area contributed by atoms with E-state index in [1.807, 2.05) is 56.3 Å². The number of carbonyl (C=O) groups excluding carboxylic acids is 1. The first kappa shape index (κ1) is 23.8. The third-order valence-electron chi connectivity index (χ3n) is 4.82. The highest BCUT2D eigenvalue weighted by Crippen LogP contribution is 2.26. The maximum atomic E-state index is 12.5. The van der Waals surface area contributed by atoms with Gasteiger partial charge in [-0.15, -0.1) is 0 Å². The number of nitrogens with two attached hydrogens (primary N) is 1. The quantitative estimate of drug-likeness (QED) is 0.248. The van der Waals surface area contributed by atoms with Gasteiger partial charge in [-0.05, 0) is 61.9 Å². The van der Waals surface area contributed by atoms with Crippen LogP contribution in [0.3, 0.4) is 0 Å². The van der Waals surface area contributed by atoms with Crippen molar-refractivity contribution in [1.29, 1.82) is 0 Å². The summed E-state index contributed by atoms with van der Waals surface area (Å²) in [6.07, 6.45) is 0. The highest BCUT2D eigenvalue weighted by atomic mass is 35.5. The molecule has 3 aromatic rings. The van der Waals surface area contributed by atoms with Crippen molar-refractivity contribution in [3.05, 3.63) is 107 Å². The van der Waals surface area contributed by atoms with Crippen molar-refractivity contribution in [2.24, 2.45) is 0 Å². The Morgan fingerprint density at radius 2 is 1.64 bits per heavy atom. The van der Waals surface area contributed by atoms with Gasteiger partial charge in [0, 0.05) is 23.5 Å². The molecule has 0 saturated heterocycles. The Hall–Kier alpha value is -3.90. The van der Waals surface area contributed by atoms with Crippen molar-refractivity contribution in [3.63, 3.8) is 0 Å². The summed E-state index contributed by atoms with van der Waals surface area (Å²) in [5.74, 6) is 0.256. The number of benzene rings is 3. The van der Waals surface area contributed by atoms with Gasteiger partial charge in [0.25, 0.3) is 5.91 Å². The minimum Gasteiger partial charge on any atom is -0.397 e. The molecule has 0 aliphatic carbocycles. The molecule has 0 aliphatic heterocycles. The van der Waals surface area contributed by atoms with Crippen LogP contribution in [-0.4, -0.2) is 5.91 Å². The maximum Gasteiger partial charge on any atom is 0.255 e. The largest absolute Gasteiger partial charge is 0.397 e. The van der Waals surface area contributed by atoms with Crippen LogP contribution in [0.15, 0.2) is 85.3 Å². The van der Waals surface area contributed by atoms with Crippen LogP contribution in [0.5, 0.6) is 0 Å². The molecule has 170 valence electrons. The van der Waals surface area contributed by atoms with Gasteiger partial charge in [0.05, 0.1) is 22.1 Å². The van der Waals surface area contributed by atoms with E-state index in [9.17, 15) is 4.79 Å². The summed E-state index contributed by atoms with van der Waals surface area (Å²) in [5, 5.41) is 12.9. The summed E-state index contributed by atoms with van der Waals surface area (Å²) in [7, 11) is 0. The fraction of sp³-hybridized carbons (Fsp3) is 0.115. The first-order valence-electron chi connectivity index (χ1n) is 10.4. The molecule has 0 heterocycles. The average molecular weight is 462 g/mol. The molecule has 7 heteroatoms. The lowest BCUT2D eigenvalue weighted by molar-refractivity contribution is 0.102. The number of anilines is 4. The first-order valence-corrected chi connectivity index (χ1v) is 10.8. The topological polar surface area (TPSA) is 91.2 Å². The normalized spacial score (nSPS) is 10.3. The first-order chi connectivity index (χ1) is 15.7. The smallest absolute Gasteiger partial charge is 0.255 e. The number of halogens is 1. The molecule has 0 saturated carbocycles. The monoisotopic (exact) mass is 461 g/mol. The summed E-state index contributed by atoms with van der Waals surface area (Å²) in [4.78, 5) is 12.5. The molecule has 3 rings (SSSR count). The van der Waals surface area contributed by atoms with Crippen LogP contribution in [0.2, 0.25) is 5.02 Å². The molecule has 33 heavy (non-hydrogen) atoms. The highest BCUT2D eigenvalue weighted by Gasteiger charge is 2.10. The second-order valence-electron chi connectivity index (χ2n) is 7.80. The molecule has 0 unspecified atom stereocenters. The zero-order chi connectivity index (χ0) is 24.0. The van der Waals surface area contributed by atoms with Gasteiger partial charge in [0.1, 0.15) is 5.82 Å². The SMILES string of the molecule is C=C(C)NCc1ccc(Cl)c(NC(=C)Nc2ccc(C(=O)Nc3ccc(C)cc3)cc2N)c1. The van der Waals surface area contributed by atoms with E-state index in [1.165, 1.54) is 0 Å². The lowest BCUT2D eigenvalue weighted by Crippen LogP contribution is -2.14. The summed E-state index contributed by atoms with van der Waals surface area (Å²) < 4.78 is 0. The van der Waals surface area contributed by atoms with E-state index in [0.29, 0.717) is 40.0 Å². The molecule has 3 aromatic carbocycles. The Morgan fingerprint density at radius 3 is 2.30 bits per heavy atom. The molecular weight excluding hydrogens is 434 g/mol. The Labute approximate surface area is 199 Å². The van der Waals surface area contributed by atoms with Crippen LogP contribution in [-0.2, 0) is 6.54 Å². The van der Waals surface area contributed by atoms with Crippen molar-refractivity contribution in [2.45, 2.75) is 20.4 Å². The van der Waals surface area contributed by atoms with Crippen LogP contribution >= 0.6 is 11.6 Å². The number of hydrogen-bond acceptors (Lipinski definition) is 5. The van der Waals surface area contributed by atoms with E-state index in [4.69, 9.17) is 17.3 Å². The number of hydrogen-bond donors (Lipinski definition) is 5. The highest BCUT2D eigenvalue weighted by molar-refractivity contribution is 6.33. The van der Waals surface area contributed by atoms with Crippen molar-refractivity contribution in [2.75, 3.05) is 21.7 Å². The fourth-order valence-corrected chi connectivity index (χ4v) is 3.21. The molecule has 0 radical (unpaired) electrons. The number of nitrogens with one attached hydrogen (secondary N) is 4. The standard InChI is InChI=1S/C26H28ClN5O/c1-16(2)29-15-19-7-11-22(27)25(13-19)31-18(4)30-24-12-8-20(14-23(24)28)26(33)32-21-9-5-17(3)6-10-21/h5-14,29-31H,1,4,15,28H2,2-3H3,(H,32,33). The molecule has 0 atom stereocenters. The van der Waals surface area contributed by atoms with Gasteiger partial charge >= 0.3 is 0 Å². The molecule has 0 fully saturated rings. The summed E-state index contributed by atoms with van der Waals surface area (Å²) in [6.45, 7) is 12.4. The molecule has 0 spiro atoms. The molecule has 0 aliphatic rings. The van der Waals surface area contributed by atoms with E-state index in [2.05, 4.69) is 34.4 Å². The maximum absolute atomic E-state index is 12.5. The number of amides is 1. The molecular formula is C26H28ClN5O. The van der Waals surface area contributed by atoms with E-state index in [0.717, 1.165) is 22.5 Å². The Bertz CT molecular complexity index is 1190. The van der Waals surface area contributed by atoms with Crippen LogP contribution in [0.4, 0.5) is 22.7 Å². The number of rotatable bonds is 9. The van der Waals surface area contributed by atoms with Gasteiger partial charge in [-0.3, -0.25) is 4.79 Å². The van der Waals surface area contributed by atoms with E-state index in [1.54, 1.807) is 18.2 Å². The van der Waals surface area contributed by atoms with Gasteiger partial charge in [0.2, 0.25) is 0 Å². The van der Waals surface area contributed by atoms with E-state index >= 15 is 0 Å². The minimum atomic E-state index is -0.235. The third kappa shape index (κ3) is 6.79. The molecule has 6 nitrogen and oxygen atoms in total. The molecule has 6 N–H and O–H groups in total. The molecule has 1 amide bonds. The van der Waals surface area contributed by atoms with Crippen molar-refractivity contribution in [1.82, 2.24) is 5.32 Å². The number of carbonyl (C=O) groups is 1. The Balaban J connectivity index is 1.64.